The second-order valence-corrected chi connectivity index (χ2v) is 8.99. The molecule has 2 fully saturated rings. The van der Waals surface area contributed by atoms with Gasteiger partial charge in [-0.15, -0.1) is 5.10 Å². The van der Waals surface area contributed by atoms with E-state index in [2.05, 4.69) is 45.1 Å². The molecule has 0 saturated carbocycles. The van der Waals surface area contributed by atoms with Crippen molar-refractivity contribution in [2.75, 3.05) is 18.5 Å². The maximum Gasteiger partial charge on any atom is 0.412 e. The van der Waals surface area contributed by atoms with E-state index < -0.39 is 18.3 Å². The summed E-state index contributed by atoms with van der Waals surface area (Å²) in [6.45, 7) is 2.59. The van der Waals surface area contributed by atoms with Crippen LogP contribution in [-0.4, -0.2) is 57.8 Å². The molecular formula is C27H25N5O4. The van der Waals surface area contributed by atoms with E-state index in [1.165, 1.54) is 0 Å². The van der Waals surface area contributed by atoms with Crippen LogP contribution in [0.1, 0.15) is 11.6 Å². The Hall–Kier alpha value is -4.08. The lowest BCUT2D eigenvalue weighted by Crippen LogP contribution is -2.35. The van der Waals surface area contributed by atoms with Crippen molar-refractivity contribution in [3.05, 3.63) is 84.4 Å². The highest BCUT2D eigenvalue weighted by Gasteiger charge is 2.51. The first-order valence-electron chi connectivity index (χ1n) is 11.9. The molecule has 3 heterocycles. The van der Waals surface area contributed by atoms with Gasteiger partial charge in [0.25, 0.3) is 0 Å². The Labute approximate surface area is 208 Å². The predicted molar refractivity (Wildman–Crippen MR) is 132 cm³/mol. The number of amides is 1. The zero-order valence-corrected chi connectivity index (χ0v) is 19.7. The van der Waals surface area contributed by atoms with Crippen LogP contribution in [0.2, 0.25) is 0 Å². The molecule has 4 aromatic rings. The standard InChI is InChI=1S/C27H25N5O4/c1-17-7-13-21(14-8-17)28-27(33)36-23-16-35-24-22(15-34-25(23)24)32-26(29-30-31-32)20-11-9-19(10-12-20)18-5-3-2-4-6-18/h2-14,22-25H,15-16H2,1H3,(H,28,33)/t22-,23+,24+,25+/m0/s1. The van der Waals surface area contributed by atoms with Crippen LogP contribution in [0.3, 0.4) is 0 Å². The molecule has 0 aliphatic carbocycles. The lowest BCUT2D eigenvalue weighted by Gasteiger charge is -2.18. The summed E-state index contributed by atoms with van der Waals surface area (Å²) < 4.78 is 19.4. The molecule has 2 aliphatic rings. The summed E-state index contributed by atoms with van der Waals surface area (Å²) in [4.78, 5) is 12.4. The lowest BCUT2D eigenvalue weighted by atomic mass is 10.0. The van der Waals surface area contributed by atoms with Gasteiger partial charge in [-0.1, -0.05) is 72.3 Å². The fraction of sp³-hybridized carbons (Fsp3) is 0.259. The third kappa shape index (κ3) is 4.34. The SMILES string of the molecule is Cc1ccc(NC(=O)O[C@@H]2CO[C@H]3[C@@H]2OC[C@@H]3n2nnnc2-c2ccc(-c3ccccc3)cc2)cc1. The summed E-state index contributed by atoms with van der Waals surface area (Å²) in [5.41, 5.74) is 4.94. The number of aryl methyl sites for hydroxylation is 1. The van der Waals surface area contributed by atoms with Crippen molar-refractivity contribution in [2.24, 2.45) is 0 Å². The number of benzene rings is 3. The number of aromatic nitrogens is 4. The second kappa shape index (κ2) is 9.52. The molecule has 182 valence electrons. The third-order valence-corrected chi connectivity index (χ3v) is 6.60. The number of hydrogen-bond donors (Lipinski definition) is 1. The average Bonchev–Trinajstić information content (AvgIpc) is 3.64. The van der Waals surface area contributed by atoms with Gasteiger partial charge in [0.05, 0.1) is 13.2 Å². The fourth-order valence-corrected chi connectivity index (χ4v) is 4.73. The molecular weight excluding hydrogens is 458 g/mol. The van der Waals surface area contributed by atoms with Crippen LogP contribution in [0.25, 0.3) is 22.5 Å². The second-order valence-electron chi connectivity index (χ2n) is 8.99. The molecule has 0 unspecified atom stereocenters. The quantitative estimate of drug-likeness (QED) is 0.452. The summed E-state index contributed by atoms with van der Waals surface area (Å²) >= 11 is 0. The largest absolute Gasteiger partial charge is 0.441 e. The van der Waals surface area contributed by atoms with E-state index >= 15 is 0 Å². The molecule has 1 amide bonds. The van der Waals surface area contributed by atoms with E-state index in [9.17, 15) is 4.79 Å². The zero-order chi connectivity index (χ0) is 24.5. The van der Waals surface area contributed by atoms with Gasteiger partial charge in [-0.05, 0) is 40.6 Å². The van der Waals surface area contributed by atoms with Gasteiger partial charge in [-0.3, -0.25) is 5.32 Å². The van der Waals surface area contributed by atoms with E-state index in [0.29, 0.717) is 18.1 Å². The van der Waals surface area contributed by atoms with E-state index in [1.54, 1.807) is 4.68 Å². The van der Waals surface area contributed by atoms with Crippen LogP contribution >= 0.6 is 0 Å². The Balaban J connectivity index is 1.14. The highest BCUT2D eigenvalue weighted by atomic mass is 16.6. The van der Waals surface area contributed by atoms with Crippen molar-refractivity contribution in [1.29, 1.82) is 0 Å². The van der Waals surface area contributed by atoms with Crippen molar-refractivity contribution >= 4 is 11.8 Å². The van der Waals surface area contributed by atoms with Gasteiger partial charge in [-0.25, -0.2) is 9.48 Å². The Bertz CT molecular complexity index is 1340. The number of nitrogens with zero attached hydrogens (tertiary/aromatic N) is 4. The number of carbonyl (C=O) groups is 1. The smallest absolute Gasteiger partial charge is 0.412 e. The van der Waals surface area contributed by atoms with Crippen molar-refractivity contribution in [2.45, 2.75) is 31.3 Å². The minimum absolute atomic E-state index is 0.234. The van der Waals surface area contributed by atoms with Crippen molar-refractivity contribution in [3.8, 4) is 22.5 Å². The van der Waals surface area contributed by atoms with Crippen molar-refractivity contribution in [3.63, 3.8) is 0 Å². The number of hydrogen-bond acceptors (Lipinski definition) is 7. The van der Waals surface area contributed by atoms with Crippen LogP contribution in [0.15, 0.2) is 78.9 Å². The summed E-state index contributed by atoms with van der Waals surface area (Å²) in [5, 5.41) is 15.2. The number of fused-ring (bicyclic) bond motifs is 1. The molecule has 4 atom stereocenters. The number of carbonyl (C=O) groups excluding carboxylic acids is 1. The number of tetrazole rings is 1. The summed E-state index contributed by atoms with van der Waals surface area (Å²) in [6, 6.07) is 25.6. The topological polar surface area (TPSA) is 100 Å². The summed E-state index contributed by atoms with van der Waals surface area (Å²) in [7, 11) is 0. The third-order valence-electron chi connectivity index (χ3n) is 6.60. The average molecular weight is 484 g/mol. The fourth-order valence-electron chi connectivity index (χ4n) is 4.73. The maximum absolute atomic E-state index is 12.4. The molecule has 3 aromatic carbocycles. The minimum Gasteiger partial charge on any atom is -0.441 e. The Morgan fingerprint density at radius 1 is 0.889 bits per heavy atom. The van der Waals surface area contributed by atoms with Gasteiger partial charge in [0, 0.05) is 11.3 Å². The zero-order valence-electron chi connectivity index (χ0n) is 19.7. The van der Waals surface area contributed by atoms with E-state index in [0.717, 1.165) is 22.3 Å². The Morgan fingerprint density at radius 3 is 2.36 bits per heavy atom. The van der Waals surface area contributed by atoms with Crippen molar-refractivity contribution < 1.29 is 19.0 Å². The van der Waals surface area contributed by atoms with Crippen LogP contribution in [0.4, 0.5) is 10.5 Å². The Morgan fingerprint density at radius 2 is 1.58 bits per heavy atom. The minimum atomic E-state index is -0.540. The number of ether oxygens (including phenoxy) is 3. The molecule has 0 radical (unpaired) electrons. The van der Waals surface area contributed by atoms with Crippen LogP contribution in [0, 0.1) is 6.92 Å². The molecule has 6 rings (SSSR count). The first-order chi connectivity index (χ1) is 17.7. The molecule has 9 heteroatoms. The monoisotopic (exact) mass is 483 g/mol. The Kier molecular flexibility index (Phi) is 5.92. The van der Waals surface area contributed by atoms with Gasteiger partial charge in [0.15, 0.2) is 11.9 Å². The molecule has 2 saturated heterocycles. The van der Waals surface area contributed by atoms with Gasteiger partial charge >= 0.3 is 6.09 Å². The predicted octanol–water partition coefficient (Wildman–Crippen LogP) is 4.27. The van der Waals surface area contributed by atoms with Gasteiger partial charge in [-0.2, -0.15) is 0 Å². The van der Waals surface area contributed by atoms with E-state index in [4.69, 9.17) is 14.2 Å². The highest BCUT2D eigenvalue weighted by Crippen LogP contribution is 2.37. The van der Waals surface area contributed by atoms with Gasteiger partial charge in [0.1, 0.15) is 18.2 Å². The molecule has 2 aliphatic heterocycles. The molecule has 1 N–H and O–H groups in total. The van der Waals surface area contributed by atoms with Crippen LogP contribution in [-0.2, 0) is 14.2 Å². The first-order valence-corrected chi connectivity index (χ1v) is 11.9. The number of rotatable bonds is 5. The number of anilines is 1. The van der Waals surface area contributed by atoms with E-state index in [1.807, 2.05) is 61.5 Å². The molecule has 0 spiro atoms. The molecule has 36 heavy (non-hydrogen) atoms. The lowest BCUT2D eigenvalue weighted by molar-refractivity contribution is 0.00774. The van der Waals surface area contributed by atoms with Crippen LogP contribution < -0.4 is 5.32 Å². The number of nitrogens with one attached hydrogen (secondary N) is 1. The molecule has 1 aromatic heterocycles. The van der Waals surface area contributed by atoms with Gasteiger partial charge in [0.2, 0.25) is 0 Å². The maximum atomic E-state index is 12.4. The molecule has 0 bridgehead atoms. The first kappa shape index (κ1) is 22.4. The normalized spacial score (nSPS) is 22.8. The van der Waals surface area contributed by atoms with Crippen LogP contribution in [0.5, 0.6) is 0 Å². The highest BCUT2D eigenvalue weighted by molar-refractivity contribution is 5.84. The van der Waals surface area contributed by atoms with E-state index in [-0.39, 0.29) is 18.8 Å². The molecule has 9 nitrogen and oxygen atoms in total. The van der Waals surface area contributed by atoms with Gasteiger partial charge < -0.3 is 14.2 Å². The van der Waals surface area contributed by atoms with Crippen molar-refractivity contribution in [1.82, 2.24) is 20.2 Å². The summed E-state index contributed by atoms with van der Waals surface area (Å²) in [5.74, 6) is 0.633. The summed E-state index contributed by atoms with van der Waals surface area (Å²) in [6.07, 6.45) is -1.78.